The summed E-state index contributed by atoms with van der Waals surface area (Å²) in [7, 11) is 0. The fourth-order valence-corrected chi connectivity index (χ4v) is 3.40. The van der Waals surface area contributed by atoms with Crippen LogP contribution in [-0.4, -0.2) is 0 Å². The van der Waals surface area contributed by atoms with Gasteiger partial charge in [0, 0.05) is 5.92 Å². The maximum absolute atomic E-state index is 2.39. The maximum atomic E-state index is 2.39. The Kier molecular flexibility index (Phi) is 3.59. The van der Waals surface area contributed by atoms with E-state index in [1.54, 1.807) is 0 Å². The third-order valence-corrected chi connectivity index (χ3v) is 4.71. The highest BCUT2D eigenvalue weighted by atomic mass is 14.2. The molecule has 0 fully saturated rings. The van der Waals surface area contributed by atoms with Crippen molar-refractivity contribution in [2.45, 2.75) is 13.3 Å². The van der Waals surface area contributed by atoms with E-state index in [-0.39, 0.29) is 0 Å². The molecule has 0 saturated heterocycles. The van der Waals surface area contributed by atoms with Gasteiger partial charge in [-0.2, -0.15) is 0 Å². The molecule has 0 bridgehead atoms. The van der Waals surface area contributed by atoms with Gasteiger partial charge >= 0.3 is 0 Å². The second-order valence-corrected chi connectivity index (χ2v) is 6.36. The van der Waals surface area contributed by atoms with E-state index in [1.165, 1.54) is 33.4 Å². The molecule has 2 aromatic rings. The Bertz CT molecular complexity index is 827. The highest BCUT2D eigenvalue weighted by molar-refractivity contribution is 5.73. The Labute approximate surface area is 138 Å². The van der Waals surface area contributed by atoms with Crippen LogP contribution in [-0.2, 0) is 0 Å². The lowest BCUT2D eigenvalue weighted by Crippen LogP contribution is -2.08. The molecule has 0 nitrogen and oxygen atoms in total. The predicted octanol–water partition coefficient (Wildman–Crippen LogP) is 6.20. The largest absolute Gasteiger partial charge is 0.0737 e. The summed E-state index contributed by atoms with van der Waals surface area (Å²) in [6.07, 6.45) is 12.5. The summed E-state index contributed by atoms with van der Waals surface area (Å²) in [4.78, 5) is 0. The van der Waals surface area contributed by atoms with Crippen LogP contribution in [0.2, 0.25) is 0 Å². The Morgan fingerprint density at radius 3 is 2.22 bits per heavy atom. The van der Waals surface area contributed by atoms with Crippen molar-refractivity contribution in [2.24, 2.45) is 5.92 Å². The first-order valence-electron chi connectivity index (χ1n) is 8.23. The van der Waals surface area contributed by atoms with Crippen LogP contribution in [0.4, 0.5) is 0 Å². The van der Waals surface area contributed by atoms with Crippen LogP contribution in [0.25, 0.3) is 16.7 Å². The first kappa shape index (κ1) is 14.0. The SMILES string of the molecule is CC1=CC2CC(c3ccc(-c4ccccc4)cc3)=CC=C2C=C1. The van der Waals surface area contributed by atoms with Crippen LogP contribution < -0.4 is 0 Å². The summed E-state index contributed by atoms with van der Waals surface area (Å²) in [5.41, 5.74) is 8.11. The van der Waals surface area contributed by atoms with Gasteiger partial charge in [-0.15, -0.1) is 0 Å². The second-order valence-electron chi connectivity index (χ2n) is 6.36. The molecule has 112 valence electrons. The summed E-state index contributed by atoms with van der Waals surface area (Å²) in [6.45, 7) is 2.18. The summed E-state index contributed by atoms with van der Waals surface area (Å²) >= 11 is 0. The van der Waals surface area contributed by atoms with Gasteiger partial charge in [0.15, 0.2) is 0 Å². The van der Waals surface area contributed by atoms with E-state index in [2.05, 4.69) is 91.9 Å². The molecule has 1 atom stereocenters. The fraction of sp³-hybridized carbons (Fsp3) is 0.130. The number of rotatable bonds is 2. The molecule has 0 amide bonds. The molecule has 2 aliphatic rings. The molecule has 4 rings (SSSR count). The van der Waals surface area contributed by atoms with Crippen molar-refractivity contribution in [3.8, 4) is 11.1 Å². The Morgan fingerprint density at radius 2 is 1.43 bits per heavy atom. The average molecular weight is 296 g/mol. The average Bonchev–Trinajstić information content (AvgIpc) is 2.62. The molecule has 2 aromatic carbocycles. The van der Waals surface area contributed by atoms with E-state index in [1.807, 2.05) is 0 Å². The Balaban J connectivity index is 1.61. The predicted molar refractivity (Wildman–Crippen MR) is 98.9 cm³/mol. The number of hydrogen-bond donors (Lipinski definition) is 0. The van der Waals surface area contributed by atoms with Gasteiger partial charge in [-0.25, -0.2) is 0 Å². The van der Waals surface area contributed by atoms with E-state index in [4.69, 9.17) is 0 Å². The molecule has 0 heteroatoms. The zero-order valence-corrected chi connectivity index (χ0v) is 13.4. The molecular weight excluding hydrogens is 276 g/mol. The van der Waals surface area contributed by atoms with Gasteiger partial charge in [0.2, 0.25) is 0 Å². The highest BCUT2D eigenvalue weighted by Gasteiger charge is 2.18. The van der Waals surface area contributed by atoms with Crippen molar-refractivity contribution >= 4 is 5.57 Å². The number of fused-ring (bicyclic) bond motifs is 1. The molecule has 0 N–H and O–H groups in total. The summed E-state index contributed by atoms with van der Waals surface area (Å²) in [5.74, 6) is 0.536. The van der Waals surface area contributed by atoms with Gasteiger partial charge in [0.25, 0.3) is 0 Å². The highest BCUT2D eigenvalue weighted by Crippen LogP contribution is 2.36. The zero-order valence-electron chi connectivity index (χ0n) is 13.4. The lowest BCUT2D eigenvalue weighted by atomic mass is 9.81. The smallest absolute Gasteiger partial charge is 0.00643 e. The lowest BCUT2D eigenvalue weighted by Gasteiger charge is -2.24. The van der Waals surface area contributed by atoms with Crippen LogP contribution in [0.15, 0.2) is 96.1 Å². The van der Waals surface area contributed by atoms with Crippen LogP contribution in [0.1, 0.15) is 18.9 Å². The molecule has 0 heterocycles. The van der Waals surface area contributed by atoms with E-state index in [0.717, 1.165) is 6.42 Å². The number of allylic oxidation sites excluding steroid dienone is 8. The molecule has 23 heavy (non-hydrogen) atoms. The zero-order chi connectivity index (χ0) is 15.6. The van der Waals surface area contributed by atoms with E-state index in [9.17, 15) is 0 Å². The van der Waals surface area contributed by atoms with Gasteiger partial charge in [-0.1, -0.05) is 90.6 Å². The minimum atomic E-state index is 0.536. The van der Waals surface area contributed by atoms with Crippen molar-refractivity contribution in [2.75, 3.05) is 0 Å². The molecule has 0 saturated carbocycles. The normalized spacial score (nSPS) is 19.5. The van der Waals surface area contributed by atoms with Crippen LogP contribution >= 0.6 is 0 Å². The lowest BCUT2D eigenvalue weighted by molar-refractivity contribution is 0.785. The van der Waals surface area contributed by atoms with Crippen molar-refractivity contribution in [3.05, 3.63) is 102 Å². The minimum Gasteiger partial charge on any atom is -0.0737 e. The molecule has 0 spiro atoms. The van der Waals surface area contributed by atoms with Gasteiger partial charge in [-0.05, 0) is 41.2 Å². The van der Waals surface area contributed by atoms with Crippen LogP contribution in [0, 0.1) is 5.92 Å². The fourth-order valence-electron chi connectivity index (χ4n) is 3.40. The van der Waals surface area contributed by atoms with E-state index < -0.39 is 0 Å². The molecular formula is C23H20. The number of benzene rings is 2. The van der Waals surface area contributed by atoms with Crippen molar-refractivity contribution in [3.63, 3.8) is 0 Å². The first-order chi connectivity index (χ1) is 11.3. The standard InChI is InChI=1S/C23H20/c1-17-7-8-21-13-14-22(16-23(21)15-17)20-11-9-19(10-12-20)18-5-3-2-4-6-18/h2-15,23H,16H2,1H3. The third-order valence-electron chi connectivity index (χ3n) is 4.71. The van der Waals surface area contributed by atoms with Crippen molar-refractivity contribution in [1.29, 1.82) is 0 Å². The minimum absolute atomic E-state index is 0.536. The summed E-state index contributed by atoms with van der Waals surface area (Å²) in [6, 6.07) is 19.5. The van der Waals surface area contributed by atoms with E-state index in [0.29, 0.717) is 5.92 Å². The molecule has 2 aliphatic carbocycles. The monoisotopic (exact) mass is 296 g/mol. The van der Waals surface area contributed by atoms with Gasteiger partial charge < -0.3 is 0 Å². The quantitative estimate of drug-likeness (QED) is 0.619. The molecule has 1 unspecified atom stereocenters. The van der Waals surface area contributed by atoms with Gasteiger partial charge in [0.1, 0.15) is 0 Å². The summed E-state index contributed by atoms with van der Waals surface area (Å²) < 4.78 is 0. The van der Waals surface area contributed by atoms with Gasteiger partial charge in [-0.3, -0.25) is 0 Å². The van der Waals surface area contributed by atoms with Crippen LogP contribution in [0.5, 0.6) is 0 Å². The van der Waals surface area contributed by atoms with Crippen molar-refractivity contribution in [1.82, 2.24) is 0 Å². The maximum Gasteiger partial charge on any atom is 0.00643 e. The Hall–Kier alpha value is -2.60. The molecule has 0 radical (unpaired) electrons. The summed E-state index contributed by atoms with van der Waals surface area (Å²) in [5, 5.41) is 0. The van der Waals surface area contributed by atoms with Crippen molar-refractivity contribution < 1.29 is 0 Å². The third kappa shape index (κ3) is 2.85. The van der Waals surface area contributed by atoms with Gasteiger partial charge in [0.05, 0.1) is 0 Å². The van der Waals surface area contributed by atoms with E-state index >= 15 is 0 Å². The van der Waals surface area contributed by atoms with Crippen LogP contribution in [0.3, 0.4) is 0 Å². The molecule has 0 aliphatic heterocycles. The Morgan fingerprint density at radius 1 is 0.739 bits per heavy atom. The number of hydrogen-bond acceptors (Lipinski definition) is 0. The second kappa shape index (κ2) is 5.89. The first-order valence-corrected chi connectivity index (χ1v) is 8.23. The molecule has 0 aromatic heterocycles. The topological polar surface area (TPSA) is 0 Å².